The topological polar surface area (TPSA) is 76.1 Å². The Hall–Kier alpha value is -3.19. The average molecular weight is 387 g/mol. The number of carbonyl (C=O) groups is 1. The van der Waals surface area contributed by atoms with E-state index in [2.05, 4.69) is 20.8 Å². The first-order chi connectivity index (χ1) is 13.1. The molecule has 1 aromatic heterocycles. The number of nitrogens with zero attached hydrogens (tertiary/aromatic N) is 2. The molecule has 0 spiro atoms. The number of carbonyl (C=O) groups excluding carboxylic acids is 1. The number of nitrogens with one attached hydrogen (secondary N) is 2. The lowest BCUT2D eigenvalue weighted by molar-refractivity contribution is 0.246. The van der Waals surface area contributed by atoms with E-state index in [0.29, 0.717) is 28.8 Å². The highest BCUT2D eigenvalue weighted by Crippen LogP contribution is 2.18. The van der Waals surface area contributed by atoms with Crippen molar-refractivity contribution in [3.8, 4) is 17.1 Å². The Morgan fingerprint density at radius 3 is 2.41 bits per heavy atom. The number of halogens is 2. The minimum atomic E-state index is -0.348. The Bertz CT molecular complexity index is 887. The summed E-state index contributed by atoms with van der Waals surface area (Å²) < 4.78 is 18.4. The third-order valence-corrected chi connectivity index (χ3v) is 3.77. The molecule has 0 aliphatic heterocycles. The van der Waals surface area contributed by atoms with Gasteiger partial charge in [-0.05, 0) is 54.6 Å². The lowest BCUT2D eigenvalue weighted by atomic mass is 10.1. The summed E-state index contributed by atoms with van der Waals surface area (Å²) in [6.07, 6.45) is 0. The summed E-state index contributed by atoms with van der Waals surface area (Å²) in [5.41, 5.74) is 2.01. The third kappa shape index (κ3) is 5.65. The summed E-state index contributed by atoms with van der Waals surface area (Å²) in [6, 6.07) is 15.8. The molecule has 0 atom stereocenters. The van der Waals surface area contributed by atoms with Crippen molar-refractivity contribution in [1.29, 1.82) is 0 Å². The van der Waals surface area contributed by atoms with Crippen molar-refractivity contribution in [3.63, 3.8) is 0 Å². The monoisotopic (exact) mass is 386 g/mol. The predicted octanol–water partition coefficient (Wildman–Crippen LogP) is 4.14. The van der Waals surface area contributed by atoms with E-state index in [4.69, 9.17) is 16.3 Å². The van der Waals surface area contributed by atoms with Crippen LogP contribution in [0.1, 0.15) is 0 Å². The minimum absolute atomic E-state index is 0.235. The van der Waals surface area contributed by atoms with E-state index in [1.54, 1.807) is 48.5 Å². The van der Waals surface area contributed by atoms with Gasteiger partial charge >= 0.3 is 6.03 Å². The van der Waals surface area contributed by atoms with Crippen LogP contribution in [0.15, 0.2) is 60.7 Å². The SMILES string of the molecule is O=C(NCCOc1ccc(-c2ccc(F)cc2)nn1)Nc1ccc(Cl)cc1. The second-order valence-corrected chi connectivity index (χ2v) is 5.94. The van der Waals surface area contributed by atoms with Gasteiger partial charge in [0.05, 0.1) is 12.2 Å². The van der Waals surface area contributed by atoms with Gasteiger partial charge in [0.1, 0.15) is 12.4 Å². The first-order valence-corrected chi connectivity index (χ1v) is 8.51. The summed E-state index contributed by atoms with van der Waals surface area (Å²) in [5, 5.41) is 14.0. The number of benzene rings is 2. The number of ether oxygens (including phenoxy) is 1. The molecule has 27 heavy (non-hydrogen) atoms. The quantitative estimate of drug-likeness (QED) is 0.624. The molecule has 0 radical (unpaired) electrons. The van der Waals surface area contributed by atoms with Crippen molar-refractivity contribution >= 4 is 23.3 Å². The number of urea groups is 1. The van der Waals surface area contributed by atoms with Crippen molar-refractivity contribution in [2.75, 3.05) is 18.5 Å². The number of rotatable bonds is 6. The summed E-state index contributed by atoms with van der Waals surface area (Å²) in [6.45, 7) is 0.527. The largest absolute Gasteiger partial charge is 0.475 e. The maximum atomic E-state index is 12.9. The van der Waals surface area contributed by atoms with Gasteiger partial charge in [-0.3, -0.25) is 0 Å². The third-order valence-electron chi connectivity index (χ3n) is 3.52. The van der Waals surface area contributed by atoms with Crippen LogP contribution in [0.2, 0.25) is 5.02 Å². The normalized spacial score (nSPS) is 10.3. The predicted molar refractivity (Wildman–Crippen MR) is 101 cm³/mol. The molecule has 0 saturated heterocycles. The van der Waals surface area contributed by atoms with E-state index in [1.807, 2.05) is 0 Å². The number of hydrogen-bond acceptors (Lipinski definition) is 4. The van der Waals surface area contributed by atoms with Gasteiger partial charge in [-0.25, -0.2) is 9.18 Å². The fourth-order valence-electron chi connectivity index (χ4n) is 2.20. The molecule has 3 aromatic rings. The summed E-state index contributed by atoms with van der Waals surface area (Å²) in [5.74, 6) is 0.0278. The van der Waals surface area contributed by atoms with E-state index in [1.165, 1.54) is 12.1 Å². The Morgan fingerprint density at radius 1 is 1.00 bits per heavy atom. The van der Waals surface area contributed by atoms with E-state index in [-0.39, 0.29) is 18.5 Å². The van der Waals surface area contributed by atoms with Gasteiger partial charge in [0.15, 0.2) is 0 Å². The summed E-state index contributed by atoms with van der Waals surface area (Å²) in [7, 11) is 0. The molecular formula is C19H16ClFN4O2. The van der Waals surface area contributed by atoms with Crippen LogP contribution in [0, 0.1) is 5.82 Å². The van der Waals surface area contributed by atoms with Crippen molar-refractivity contribution < 1.29 is 13.9 Å². The number of amides is 2. The van der Waals surface area contributed by atoms with Crippen LogP contribution in [-0.4, -0.2) is 29.4 Å². The van der Waals surface area contributed by atoms with Crippen LogP contribution in [0.5, 0.6) is 5.88 Å². The van der Waals surface area contributed by atoms with Crippen LogP contribution < -0.4 is 15.4 Å². The molecule has 0 saturated carbocycles. The van der Waals surface area contributed by atoms with E-state index in [9.17, 15) is 9.18 Å². The summed E-state index contributed by atoms with van der Waals surface area (Å²) >= 11 is 5.79. The van der Waals surface area contributed by atoms with Crippen molar-refractivity contribution in [1.82, 2.24) is 15.5 Å². The first-order valence-electron chi connectivity index (χ1n) is 8.13. The molecule has 2 aromatic carbocycles. The Balaban J connectivity index is 1.41. The van der Waals surface area contributed by atoms with Crippen LogP contribution in [0.25, 0.3) is 11.3 Å². The molecule has 2 amide bonds. The fourth-order valence-corrected chi connectivity index (χ4v) is 2.33. The standard InChI is InChI=1S/C19H16ClFN4O2/c20-14-3-7-16(8-4-14)23-19(26)22-11-12-27-18-10-9-17(24-25-18)13-1-5-15(21)6-2-13/h1-10H,11-12H2,(H2,22,23,26). The first kappa shape index (κ1) is 18.6. The Labute approximate surface area is 160 Å². The number of anilines is 1. The van der Waals surface area contributed by atoms with E-state index >= 15 is 0 Å². The van der Waals surface area contributed by atoms with Crippen LogP contribution in [-0.2, 0) is 0 Å². The van der Waals surface area contributed by atoms with Gasteiger partial charge in [-0.15, -0.1) is 10.2 Å². The zero-order valence-corrected chi connectivity index (χ0v) is 14.9. The van der Waals surface area contributed by atoms with E-state index in [0.717, 1.165) is 5.56 Å². The molecule has 0 bridgehead atoms. The smallest absolute Gasteiger partial charge is 0.319 e. The molecule has 0 fully saturated rings. The minimum Gasteiger partial charge on any atom is -0.475 e. The summed E-state index contributed by atoms with van der Waals surface area (Å²) in [4.78, 5) is 11.8. The zero-order chi connectivity index (χ0) is 19.1. The molecular weight excluding hydrogens is 371 g/mol. The van der Waals surface area contributed by atoms with Gasteiger partial charge < -0.3 is 15.4 Å². The van der Waals surface area contributed by atoms with Crippen LogP contribution >= 0.6 is 11.6 Å². The van der Waals surface area contributed by atoms with Crippen LogP contribution in [0.3, 0.4) is 0 Å². The lowest BCUT2D eigenvalue weighted by Gasteiger charge is -2.09. The molecule has 3 rings (SSSR count). The molecule has 0 unspecified atom stereocenters. The Morgan fingerprint density at radius 2 is 1.74 bits per heavy atom. The highest BCUT2D eigenvalue weighted by molar-refractivity contribution is 6.30. The second kappa shape index (κ2) is 8.95. The molecule has 8 heteroatoms. The highest BCUT2D eigenvalue weighted by atomic mass is 35.5. The average Bonchev–Trinajstić information content (AvgIpc) is 2.68. The molecule has 0 aliphatic rings. The molecule has 2 N–H and O–H groups in total. The van der Waals surface area contributed by atoms with Gasteiger partial charge in [0, 0.05) is 22.3 Å². The Kier molecular flexibility index (Phi) is 6.17. The van der Waals surface area contributed by atoms with Crippen molar-refractivity contribution in [2.45, 2.75) is 0 Å². The highest BCUT2D eigenvalue weighted by Gasteiger charge is 2.04. The molecule has 138 valence electrons. The van der Waals surface area contributed by atoms with Crippen molar-refractivity contribution in [2.24, 2.45) is 0 Å². The van der Waals surface area contributed by atoms with Gasteiger partial charge in [0.25, 0.3) is 0 Å². The van der Waals surface area contributed by atoms with Gasteiger partial charge in [-0.2, -0.15) is 0 Å². The van der Waals surface area contributed by atoms with E-state index < -0.39 is 0 Å². The molecule has 0 aliphatic carbocycles. The molecule has 1 heterocycles. The molecule has 6 nitrogen and oxygen atoms in total. The van der Waals surface area contributed by atoms with Gasteiger partial charge in [-0.1, -0.05) is 11.6 Å². The number of aromatic nitrogens is 2. The fraction of sp³-hybridized carbons (Fsp3) is 0.105. The lowest BCUT2D eigenvalue weighted by Crippen LogP contribution is -2.32. The zero-order valence-electron chi connectivity index (χ0n) is 14.2. The number of hydrogen-bond donors (Lipinski definition) is 2. The second-order valence-electron chi connectivity index (χ2n) is 5.50. The maximum absolute atomic E-state index is 12.9. The van der Waals surface area contributed by atoms with Crippen LogP contribution in [0.4, 0.5) is 14.9 Å². The maximum Gasteiger partial charge on any atom is 0.319 e. The van der Waals surface area contributed by atoms with Crippen molar-refractivity contribution in [3.05, 3.63) is 71.5 Å². The van der Waals surface area contributed by atoms with Gasteiger partial charge in [0.2, 0.25) is 5.88 Å².